The third kappa shape index (κ3) is 5.12. The van der Waals surface area contributed by atoms with Crippen molar-refractivity contribution in [2.24, 2.45) is 4.99 Å². The summed E-state index contributed by atoms with van der Waals surface area (Å²) < 4.78 is 10.2. The van der Waals surface area contributed by atoms with Crippen LogP contribution in [0.5, 0.6) is 0 Å². The molecule has 134 valence electrons. The van der Waals surface area contributed by atoms with Gasteiger partial charge in [0.25, 0.3) is 0 Å². The van der Waals surface area contributed by atoms with Crippen LogP contribution in [0.3, 0.4) is 0 Å². The highest BCUT2D eigenvalue weighted by molar-refractivity contribution is 14.0. The van der Waals surface area contributed by atoms with Crippen molar-refractivity contribution in [1.82, 2.24) is 10.6 Å². The molecule has 3 rings (SSSR count). The average molecular weight is 456 g/mol. The Morgan fingerprint density at radius 2 is 1.96 bits per heavy atom. The first kappa shape index (κ1) is 19.1. The van der Waals surface area contributed by atoms with Crippen LogP contribution < -0.4 is 15.5 Å². The van der Waals surface area contributed by atoms with E-state index < -0.39 is 0 Å². The molecule has 1 aliphatic rings. The molecule has 0 aliphatic carbocycles. The molecule has 1 fully saturated rings. The number of guanidine groups is 1. The summed E-state index contributed by atoms with van der Waals surface area (Å²) >= 11 is 0. The number of halogens is 1. The molecule has 2 aromatic rings. The zero-order chi connectivity index (χ0) is 16.8. The highest BCUT2D eigenvalue weighted by atomic mass is 127. The number of benzene rings is 1. The molecule has 1 aromatic heterocycles. The maximum Gasteiger partial charge on any atom is 0.414 e. The normalized spacial score (nSPS) is 14.0. The predicted molar refractivity (Wildman–Crippen MR) is 106 cm³/mol. The van der Waals surface area contributed by atoms with E-state index in [4.69, 9.17) is 9.15 Å². The van der Waals surface area contributed by atoms with Crippen LogP contribution in [-0.4, -0.2) is 32.3 Å². The number of rotatable bonds is 5. The van der Waals surface area contributed by atoms with Crippen LogP contribution >= 0.6 is 24.0 Å². The molecule has 0 saturated carbocycles. The lowest BCUT2D eigenvalue weighted by atomic mass is 10.2. The summed E-state index contributed by atoms with van der Waals surface area (Å²) in [5, 5.41) is 6.42. The quantitative estimate of drug-likeness (QED) is 0.411. The molecule has 2 N–H and O–H groups in total. The summed E-state index contributed by atoms with van der Waals surface area (Å²) in [4.78, 5) is 17.3. The maximum absolute atomic E-state index is 11.5. The lowest BCUT2D eigenvalue weighted by Crippen LogP contribution is -2.36. The molecule has 8 heteroatoms. The van der Waals surface area contributed by atoms with Gasteiger partial charge in [0.15, 0.2) is 5.96 Å². The molecule has 1 amide bonds. The average Bonchev–Trinajstić information content (AvgIpc) is 3.27. The summed E-state index contributed by atoms with van der Waals surface area (Å²) in [5.74, 6) is 1.54. The minimum atomic E-state index is -0.289. The van der Waals surface area contributed by atoms with Gasteiger partial charge in [-0.2, -0.15) is 0 Å². The van der Waals surface area contributed by atoms with Gasteiger partial charge in [-0.25, -0.2) is 4.79 Å². The van der Waals surface area contributed by atoms with Gasteiger partial charge in [0, 0.05) is 19.3 Å². The monoisotopic (exact) mass is 456 g/mol. The van der Waals surface area contributed by atoms with Crippen molar-refractivity contribution in [3.8, 4) is 0 Å². The highest BCUT2D eigenvalue weighted by Crippen LogP contribution is 2.19. The molecule has 0 bridgehead atoms. The number of carbonyl (C=O) groups is 1. The lowest BCUT2D eigenvalue weighted by molar-refractivity contribution is 0.181. The summed E-state index contributed by atoms with van der Waals surface area (Å²) in [6, 6.07) is 11.6. The number of carbonyl (C=O) groups excluding carboxylic acids is 1. The second-order valence-corrected chi connectivity index (χ2v) is 5.29. The SMILES string of the molecule is CN=C(NCc1ccc(N2CCOC2=O)cc1)NCc1ccco1.I. The summed E-state index contributed by atoms with van der Waals surface area (Å²) in [7, 11) is 1.72. The van der Waals surface area contributed by atoms with E-state index in [-0.39, 0.29) is 30.1 Å². The molecule has 1 aromatic carbocycles. The summed E-state index contributed by atoms with van der Waals surface area (Å²) in [6.07, 6.45) is 1.36. The predicted octanol–water partition coefficient (Wildman–Crippen LogP) is 2.72. The first-order valence-electron chi connectivity index (χ1n) is 7.76. The molecule has 7 nitrogen and oxygen atoms in total. The molecule has 1 saturated heterocycles. The Kier molecular flexibility index (Phi) is 7.11. The topological polar surface area (TPSA) is 79.1 Å². The summed E-state index contributed by atoms with van der Waals surface area (Å²) in [5.41, 5.74) is 1.94. The van der Waals surface area contributed by atoms with Gasteiger partial charge in [-0.15, -0.1) is 24.0 Å². The number of furan rings is 1. The van der Waals surface area contributed by atoms with Crippen LogP contribution in [-0.2, 0) is 17.8 Å². The number of aliphatic imine (C=N–C) groups is 1. The zero-order valence-corrected chi connectivity index (χ0v) is 16.2. The second kappa shape index (κ2) is 9.30. The Hall–Kier alpha value is -2.23. The van der Waals surface area contributed by atoms with Gasteiger partial charge in [-0.3, -0.25) is 9.89 Å². The van der Waals surface area contributed by atoms with Gasteiger partial charge >= 0.3 is 6.09 Å². The highest BCUT2D eigenvalue weighted by Gasteiger charge is 2.23. The first-order chi connectivity index (χ1) is 11.8. The fraction of sp³-hybridized carbons (Fsp3) is 0.294. The van der Waals surface area contributed by atoms with Crippen molar-refractivity contribution in [2.45, 2.75) is 13.1 Å². The van der Waals surface area contributed by atoms with Crippen molar-refractivity contribution in [1.29, 1.82) is 0 Å². The number of hydrogen-bond acceptors (Lipinski definition) is 4. The second-order valence-electron chi connectivity index (χ2n) is 5.29. The van der Waals surface area contributed by atoms with Crippen LogP contribution in [0, 0.1) is 0 Å². The fourth-order valence-corrected chi connectivity index (χ4v) is 2.41. The van der Waals surface area contributed by atoms with Crippen molar-refractivity contribution in [3.05, 3.63) is 54.0 Å². The molecule has 1 aliphatic heterocycles. The zero-order valence-electron chi connectivity index (χ0n) is 13.9. The number of nitrogens with one attached hydrogen (secondary N) is 2. The van der Waals surface area contributed by atoms with Crippen molar-refractivity contribution in [3.63, 3.8) is 0 Å². The largest absolute Gasteiger partial charge is 0.467 e. The van der Waals surface area contributed by atoms with Crippen molar-refractivity contribution >= 4 is 41.7 Å². The number of hydrogen-bond donors (Lipinski definition) is 2. The Morgan fingerprint density at radius 1 is 1.20 bits per heavy atom. The Balaban J connectivity index is 0.00000225. The van der Waals surface area contributed by atoms with Gasteiger partial charge in [0.2, 0.25) is 0 Å². The number of ether oxygens (including phenoxy) is 1. The van der Waals surface area contributed by atoms with E-state index in [1.807, 2.05) is 36.4 Å². The van der Waals surface area contributed by atoms with Gasteiger partial charge in [0.1, 0.15) is 12.4 Å². The summed E-state index contributed by atoms with van der Waals surface area (Å²) in [6.45, 7) is 2.24. The first-order valence-corrected chi connectivity index (χ1v) is 7.76. The Bertz CT molecular complexity index is 701. The van der Waals surface area contributed by atoms with E-state index in [1.165, 1.54) is 0 Å². The number of nitrogens with zero attached hydrogens (tertiary/aromatic N) is 2. The molecular formula is C17H21IN4O3. The van der Waals surface area contributed by atoms with Crippen LogP contribution in [0.15, 0.2) is 52.1 Å². The standard InChI is InChI=1S/C17H20N4O3.HI/c1-18-16(20-12-15-3-2-9-23-15)19-11-13-4-6-14(7-5-13)21-8-10-24-17(21)22;/h2-7,9H,8,10-12H2,1H3,(H2,18,19,20);1H. The van der Waals surface area contributed by atoms with Crippen LogP contribution in [0.25, 0.3) is 0 Å². The molecule has 0 atom stereocenters. The third-order valence-corrected chi connectivity index (χ3v) is 3.70. The molecular weight excluding hydrogens is 435 g/mol. The molecule has 25 heavy (non-hydrogen) atoms. The Morgan fingerprint density at radius 3 is 2.56 bits per heavy atom. The third-order valence-electron chi connectivity index (χ3n) is 3.70. The van der Waals surface area contributed by atoms with E-state index in [1.54, 1.807) is 18.2 Å². The van der Waals surface area contributed by atoms with Gasteiger partial charge in [-0.1, -0.05) is 12.1 Å². The number of cyclic esters (lactones) is 1. The maximum atomic E-state index is 11.5. The van der Waals surface area contributed by atoms with Crippen LogP contribution in [0.4, 0.5) is 10.5 Å². The Labute approximate surface area is 163 Å². The minimum absolute atomic E-state index is 0. The van der Waals surface area contributed by atoms with E-state index >= 15 is 0 Å². The number of anilines is 1. The van der Waals surface area contributed by atoms with Crippen LogP contribution in [0.1, 0.15) is 11.3 Å². The van der Waals surface area contributed by atoms with Crippen molar-refractivity contribution < 1.29 is 13.9 Å². The van der Waals surface area contributed by atoms with Gasteiger partial charge < -0.3 is 19.8 Å². The molecule has 2 heterocycles. The molecule has 0 unspecified atom stereocenters. The molecule has 0 spiro atoms. The van der Waals surface area contributed by atoms with Crippen LogP contribution in [0.2, 0.25) is 0 Å². The number of amides is 1. The fourth-order valence-electron chi connectivity index (χ4n) is 2.41. The van der Waals surface area contributed by atoms with Crippen molar-refractivity contribution in [2.75, 3.05) is 25.1 Å². The van der Waals surface area contributed by atoms with E-state index in [2.05, 4.69) is 15.6 Å². The minimum Gasteiger partial charge on any atom is -0.467 e. The van der Waals surface area contributed by atoms with Gasteiger partial charge in [0.05, 0.1) is 19.4 Å². The molecule has 0 radical (unpaired) electrons. The smallest absolute Gasteiger partial charge is 0.414 e. The van der Waals surface area contributed by atoms with E-state index in [0.717, 1.165) is 17.0 Å². The lowest BCUT2D eigenvalue weighted by Gasteiger charge is -2.14. The van der Waals surface area contributed by atoms with E-state index in [0.29, 0.717) is 32.2 Å². The van der Waals surface area contributed by atoms with E-state index in [9.17, 15) is 4.79 Å². The van der Waals surface area contributed by atoms with Gasteiger partial charge in [-0.05, 0) is 29.8 Å².